The summed E-state index contributed by atoms with van der Waals surface area (Å²) in [5, 5.41) is 31.3. The second-order valence-corrected chi connectivity index (χ2v) is 4.33. The summed E-state index contributed by atoms with van der Waals surface area (Å²) in [7, 11) is 0. The summed E-state index contributed by atoms with van der Waals surface area (Å²) >= 11 is 1.14. The molecule has 0 fully saturated rings. The fraction of sp³-hybridized carbons (Fsp3) is 0.333. The lowest BCUT2D eigenvalue weighted by molar-refractivity contribution is 0.184. The predicted molar refractivity (Wildman–Crippen MR) is 64.9 cm³/mol. The first-order valence-electron chi connectivity index (χ1n) is 4.48. The molecule has 0 aliphatic carbocycles. The Morgan fingerprint density at radius 1 is 1.50 bits per heavy atom. The molecule has 2 rings (SSSR count). The van der Waals surface area contributed by atoms with Gasteiger partial charge in [0.2, 0.25) is 0 Å². The number of fused-ring (bicyclic) bond motifs is 1. The molecule has 90 valence electrons. The molecular weight excluding hydrogens is 252 g/mol. The third-order valence-electron chi connectivity index (χ3n) is 2.25. The van der Waals surface area contributed by atoms with Crippen molar-refractivity contribution in [1.29, 1.82) is 0 Å². The van der Waals surface area contributed by atoms with E-state index in [-0.39, 0.29) is 24.7 Å². The minimum atomic E-state index is -0.794. The van der Waals surface area contributed by atoms with Gasteiger partial charge in [-0.25, -0.2) is 0 Å². The fourth-order valence-electron chi connectivity index (χ4n) is 1.51. The maximum atomic E-state index is 9.64. The van der Waals surface area contributed by atoms with E-state index >= 15 is 0 Å². The zero-order valence-corrected chi connectivity index (χ0v) is 9.88. The Morgan fingerprint density at radius 2 is 2.19 bits per heavy atom. The number of anilines is 1. The first-order valence-corrected chi connectivity index (χ1v) is 5.36. The monoisotopic (exact) mass is 264 g/mol. The highest BCUT2D eigenvalue weighted by molar-refractivity contribution is 8.00. The molecule has 0 bridgehead atoms. The number of hydrogen-bond acceptors (Lipinski definition) is 6. The average Bonchev–Trinajstić information content (AvgIpc) is 2.60. The molecule has 1 unspecified atom stereocenters. The molecule has 1 aromatic carbocycles. The largest absolute Gasteiger partial charge is 0.506 e. The van der Waals surface area contributed by atoms with Gasteiger partial charge in [-0.15, -0.1) is 12.4 Å². The maximum Gasteiger partial charge on any atom is 0.178 e. The number of thioether (sulfide) groups is 1. The van der Waals surface area contributed by atoms with Crippen molar-refractivity contribution in [3.63, 3.8) is 0 Å². The lowest BCUT2D eigenvalue weighted by Gasteiger charge is -2.12. The van der Waals surface area contributed by atoms with E-state index in [1.807, 2.05) is 0 Å². The van der Waals surface area contributed by atoms with Gasteiger partial charge in [0, 0.05) is 11.4 Å². The standard InChI is InChI=1S/C9H12N2O3S.ClH/c10-3-6(13)4-1-2-5(12)7-8(4)15-9(14)11-7;/h1-2,6,9,11-14H,3,10H2;1H/t6-,9?;/m0./s1. The molecule has 1 aliphatic heterocycles. The molecule has 0 radical (unpaired) electrons. The number of nitrogens with one attached hydrogen (secondary N) is 1. The number of hydrogen-bond donors (Lipinski definition) is 5. The molecular formula is C9H13ClN2O3S. The molecule has 0 amide bonds. The van der Waals surface area contributed by atoms with E-state index < -0.39 is 11.7 Å². The summed E-state index contributed by atoms with van der Waals surface area (Å²) in [6.45, 7) is 0.105. The second-order valence-electron chi connectivity index (χ2n) is 3.24. The molecule has 1 heterocycles. The number of benzene rings is 1. The molecule has 0 aromatic heterocycles. The third-order valence-corrected chi connectivity index (χ3v) is 3.26. The molecule has 5 nitrogen and oxygen atoms in total. The van der Waals surface area contributed by atoms with Crippen molar-refractivity contribution in [1.82, 2.24) is 0 Å². The van der Waals surface area contributed by atoms with Crippen molar-refractivity contribution in [3.8, 4) is 5.75 Å². The molecule has 16 heavy (non-hydrogen) atoms. The number of phenolic OH excluding ortho intramolecular Hbond substituents is 1. The van der Waals surface area contributed by atoms with Crippen LogP contribution in [0.5, 0.6) is 5.75 Å². The van der Waals surface area contributed by atoms with Gasteiger partial charge in [0.05, 0.1) is 11.8 Å². The highest BCUT2D eigenvalue weighted by Gasteiger charge is 2.27. The van der Waals surface area contributed by atoms with Crippen LogP contribution in [0.15, 0.2) is 17.0 Å². The van der Waals surface area contributed by atoms with Crippen LogP contribution in [0.25, 0.3) is 0 Å². The highest BCUT2D eigenvalue weighted by Crippen LogP contribution is 2.46. The minimum Gasteiger partial charge on any atom is -0.506 e. The van der Waals surface area contributed by atoms with E-state index in [0.717, 1.165) is 11.8 Å². The van der Waals surface area contributed by atoms with Crippen molar-refractivity contribution in [2.75, 3.05) is 11.9 Å². The Hall–Kier alpha value is -0.660. The topological polar surface area (TPSA) is 98.7 Å². The van der Waals surface area contributed by atoms with Gasteiger partial charge >= 0.3 is 0 Å². The lowest BCUT2D eigenvalue weighted by Crippen LogP contribution is -2.12. The molecule has 7 heteroatoms. The summed E-state index contributed by atoms with van der Waals surface area (Å²) in [4.78, 5) is 0.653. The van der Waals surface area contributed by atoms with Gasteiger partial charge in [-0.2, -0.15) is 0 Å². The maximum absolute atomic E-state index is 9.64. The van der Waals surface area contributed by atoms with Crippen LogP contribution in [-0.4, -0.2) is 27.4 Å². The molecule has 0 saturated heterocycles. The first-order chi connectivity index (χ1) is 7.13. The highest BCUT2D eigenvalue weighted by atomic mass is 35.5. The van der Waals surface area contributed by atoms with Crippen LogP contribution in [0.3, 0.4) is 0 Å². The van der Waals surface area contributed by atoms with Crippen LogP contribution in [0.4, 0.5) is 5.69 Å². The van der Waals surface area contributed by atoms with Gasteiger partial charge in [0.25, 0.3) is 0 Å². The zero-order valence-electron chi connectivity index (χ0n) is 8.25. The van der Waals surface area contributed by atoms with E-state index in [2.05, 4.69) is 5.32 Å². The van der Waals surface area contributed by atoms with E-state index in [4.69, 9.17) is 5.73 Å². The second kappa shape index (κ2) is 5.11. The van der Waals surface area contributed by atoms with Gasteiger partial charge < -0.3 is 26.4 Å². The van der Waals surface area contributed by atoms with Crippen LogP contribution in [0.1, 0.15) is 11.7 Å². The predicted octanol–water partition coefficient (Wildman–Crippen LogP) is 0.600. The summed E-state index contributed by atoms with van der Waals surface area (Å²) in [6.07, 6.45) is -0.779. The molecule has 1 aromatic rings. The Bertz CT molecular complexity index is 391. The quantitative estimate of drug-likeness (QED) is 0.502. The average molecular weight is 265 g/mol. The van der Waals surface area contributed by atoms with E-state index in [9.17, 15) is 15.3 Å². The minimum absolute atomic E-state index is 0. The number of nitrogens with two attached hydrogens (primary N) is 1. The Kier molecular flexibility index (Phi) is 4.28. The first kappa shape index (κ1) is 13.4. The van der Waals surface area contributed by atoms with Crippen molar-refractivity contribution < 1.29 is 15.3 Å². The molecule has 1 aliphatic rings. The van der Waals surface area contributed by atoms with Gasteiger partial charge in [-0.05, 0) is 11.6 Å². The van der Waals surface area contributed by atoms with Crippen LogP contribution in [0, 0.1) is 0 Å². The molecule has 0 spiro atoms. The van der Waals surface area contributed by atoms with Gasteiger partial charge in [0.15, 0.2) is 5.56 Å². The Labute approximate surface area is 103 Å². The number of aliphatic hydroxyl groups excluding tert-OH is 2. The molecule has 2 atom stereocenters. The molecule has 6 N–H and O–H groups in total. The number of rotatable bonds is 2. The zero-order chi connectivity index (χ0) is 11.0. The molecule has 0 saturated carbocycles. The third kappa shape index (κ3) is 2.21. The van der Waals surface area contributed by atoms with Gasteiger partial charge in [0.1, 0.15) is 5.75 Å². The van der Waals surface area contributed by atoms with Crippen molar-refractivity contribution in [2.45, 2.75) is 16.6 Å². The van der Waals surface area contributed by atoms with Gasteiger partial charge in [-0.3, -0.25) is 0 Å². The summed E-state index contributed by atoms with van der Waals surface area (Å²) in [5.41, 5.74) is 5.65. The number of phenols is 1. The van der Waals surface area contributed by atoms with Crippen LogP contribution in [0.2, 0.25) is 0 Å². The summed E-state index contributed by atoms with van der Waals surface area (Å²) in [6, 6.07) is 3.08. The fourth-order valence-corrected chi connectivity index (χ4v) is 2.53. The normalized spacial score (nSPS) is 19.6. The summed E-state index contributed by atoms with van der Waals surface area (Å²) < 4.78 is 0. The van der Waals surface area contributed by atoms with E-state index in [0.29, 0.717) is 16.1 Å². The van der Waals surface area contributed by atoms with E-state index in [1.165, 1.54) is 6.07 Å². The van der Waals surface area contributed by atoms with Crippen molar-refractivity contribution >= 4 is 29.9 Å². The van der Waals surface area contributed by atoms with Crippen molar-refractivity contribution in [3.05, 3.63) is 17.7 Å². The Balaban J connectivity index is 0.00000128. The van der Waals surface area contributed by atoms with E-state index in [1.54, 1.807) is 6.07 Å². The van der Waals surface area contributed by atoms with Gasteiger partial charge in [-0.1, -0.05) is 17.8 Å². The van der Waals surface area contributed by atoms with Crippen LogP contribution >= 0.6 is 24.2 Å². The number of halogens is 1. The Morgan fingerprint density at radius 3 is 2.81 bits per heavy atom. The van der Waals surface area contributed by atoms with Crippen LogP contribution in [-0.2, 0) is 0 Å². The lowest BCUT2D eigenvalue weighted by atomic mass is 10.1. The summed E-state index contributed by atoms with van der Waals surface area (Å²) in [5.74, 6) is 0.0574. The van der Waals surface area contributed by atoms with Crippen LogP contribution < -0.4 is 11.1 Å². The SMILES string of the molecule is Cl.NC[C@H](O)c1ccc(O)c2c1SC(O)N2. The van der Waals surface area contributed by atoms with Crippen molar-refractivity contribution in [2.24, 2.45) is 5.73 Å². The number of aliphatic hydroxyl groups is 2. The number of aromatic hydroxyl groups is 1. The smallest absolute Gasteiger partial charge is 0.178 e.